The number of nitrogens with zero attached hydrogens (tertiary/aromatic N) is 1. The van der Waals surface area contributed by atoms with Gasteiger partial charge in [-0.25, -0.2) is 0 Å². The van der Waals surface area contributed by atoms with Crippen molar-refractivity contribution in [2.45, 2.75) is 26.6 Å². The van der Waals surface area contributed by atoms with Gasteiger partial charge in [-0.2, -0.15) is 0 Å². The van der Waals surface area contributed by atoms with E-state index in [1.807, 2.05) is 61.7 Å². The van der Waals surface area contributed by atoms with Gasteiger partial charge in [0.05, 0.1) is 11.1 Å². The SMILES string of the molecule is CCOc1cc(CNCc2cccnc2)cc(Br)c1OCc1cccc(Cl)c1. The van der Waals surface area contributed by atoms with Crippen molar-refractivity contribution in [3.63, 3.8) is 0 Å². The minimum absolute atomic E-state index is 0.415. The summed E-state index contributed by atoms with van der Waals surface area (Å²) in [5.74, 6) is 1.41. The molecule has 0 radical (unpaired) electrons. The lowest BCUT2D eigenvalue weighted by Crippen LogP contribution is -2.13. The van der Waals surface area contributed by atoms with Crippen LogP contribution in [0.4, 0.5) is 0 Å². The molecular formula is C22H22BrClN2O2. The molecule has 4 nitrogen and oxygen atoms in total. The van der Waals surface area contributed by atoms with Crippen LogP contribution in [-0.4, -0.2) is 11.6 Å². The lowest BCUT2D eigenvalue weighted by molar-refractivity contribution is 0.267. The van der Waals surface area contributed by atoms with Crippen molar-refractivity contribution >= 4 is 27.5 Å². The molecule has 0 aliphatic carbocycles. The molecule has 1 heterocycles. The number of aromatic nitrogens is 1. The first-order chi connectivity index (χ1) is 13.7. The van der Waals surface area contributed by atoms with Gasteiger partial charge in [0, 0.05) is 30.5 Å². The Morgan fingerprint density at radius 1 is 1.00 bits per heavy atom. The lowest BCUT2D eigenvalue weighted by Gasteiger charge is -2.16. The van der Waals surface area contributed by atoms with Gasteiger partial charge in [0.1, 0.15) is 6.61 Å². The van der Waals surface area contributed by atoms with E-state index in [4.69, 9.17) is 21.1 Å². The van der Waals surface area contributed by atoms with Crippen molar-refractivity contribution in [1.82, 2.24) is 10.3 Å². The monoisotopic (exact) mass is 460 g/mol. The predicted molar refractivity (Wildman–Crippen MR) is 116 cm³/mol. The fraction of sp³-hybridized carbons (Fsp3) is 0.227. The molecule has 1 N–H and O–H groups in total. The summed E-state index contributed by atoms with van der Waals surface area (Å²) >= 11 is 9.68. The third-order valence-electron chi connectivity index (χ3n) is 4.02. The molecule has 146 valence electrons. The van der Waals surface area contributed by atoms with Crippen molar-refractivity contribution < 1.29 is 9.47 Å². The fourth-order valence-corrected chi connectivity index (χ4v) is 3.58. The average molecular weight is 462 g/mol. The van der Waals surface area contributed by atoms with Crippen molar-refractivity contribution in [1.29, 1.82) is 0 Å². The highest BCUT2D eigenvalue weighted by Crippen LogP contribution is 2.37. The molecule has 0 unspecified atom stereocenters. The van der Waals surface area contributed by atoms with Gasteiger partial charge in [-0.3, -0.25) is 4.98 Å². The van der Waals surface area contributed by atoms with Crippen LogP contribution in [0.5, 0.6) is 11.5 Å². The molecule has 0 amide bonds. The molecule has 0 fully saturated rings. The van der Waals surface area contributed by atoms with Crippen molar-refractivity contribution in [3.8, 4) is 11.5 Å². The molecule has 0 saturated carbocycles. The van der Waals surface area contributed by atoms with E-state index in [-0.39, 0.29) is 0 Å². The maximum absolute atomic E-state index is 6.05. The fourth-order valence-electron chi connectivity index (χ4n) is 2.76. The second kappa shape index (κ2) is 10.5. The summed E-state index contributed by atoms with van der Waals surface area (Å²) in [4.78, 5) is 4.13. The Balaban J connectivity index is 1.68. The molecule has 0 bridgehead atoms. The third kappa shape index (κ3) is 5.96. The van der Waals surface area contributed by atoms with Gasteiger partial charge in [0.15, 0.2) is 11.5 Å². The maximum Gasteiger partial charge on any atom is 0.175 e. The Kier molecular flexibility index (Phi) is 7.71. The van der Waals surface area contributed by atoms with Crippen molar-refractivity contribution in [2.24, 2.45) is 0 Å². The topological polar surface area (TPSA) is 43.4 Å². The minimum atomic E-state index is 0.415. The van der Waals surface area contributed by atoms with Crippen LogP contribution in [0.2, 0.25) is 5.02 Å². The van der Waals surface area contributed by atoms with Crippen molar-refractivity contribution in [2.75, 3.05) is 6.61 Å². The van der Waals surface area contributed by atoms with Gasteiger partial charge in [-0.05, 0) is 69.9 Å². The van der Waals surface area contributed by atoms with Crippen LogP contribution < -0.4 is 14.8 Å². The van der Waals surface area contributed by atoms with Crippen LogP contribution in [0, 0.1) is 0 Å². The summed E-state index contributed by atoms with van der Waals surface area (Å²) in [6.45, 7) is 4.40. The number of halogens is 2. The van der Waals surface area contributed by atoms with Gasteiger partial charge >= 0.3 is 0 Å². The minimum Gasteiger partial charge on any atom is -0.490 e. The van der Waals surface area contributed by atoms with Gasteiger partial charge < -0.3 is 14.8 Å². The van der Waals surface area contributed by atoms with E-state index >= 15 is 0 Å². The van der Waals surface area contributed by atoms with Crippen LogP contribution in [0.3, 0.4) is 0 Å². The Hall–Kier alpha value is -2.08. The summed E-state index contributed by atoms with van der Waals surface area (Å²) in [6, 6.07) is 15.7. The molecule has 3 rings (SSSR count). The smallest absolute Gasteiger partial charge is 0.175 e. The summed E-state index contributed by atoms with van der Waals surface area (Å²) in [7, 11) is 0. The van der Waals surface area contributed by atoms with Crippen LogP contribution >= 0.6 is 27.5 Å². The molecule has 1 aromatic heterocycles. The van der Waals surface area contributed by atoms with Crippen LogP contribution in [0.25, 0.3) is 0 Å². The Labute approximate surface area is 179 Å². The van der Waals surface area contributed by atoms with Crippen molar-refractivity contribution in [3.05, 3.63) is 87.1 Å². The van der Waals surface area contributed by atoms with Crippen LogP contribution in [0.1, 0.15) is 23.6 Å². The number of rotatable bonds is 9. The number of ether oxygens (including phenoxy) is 2. The number of benzene rings is 2. The van der Waals surface area contributed by atoms with E-state index in [1.54, 1.807) is 6.20 Å². The molecular weight excluding hydrogens is 440 g/mol. The number of hydrogen-bond donors (Lipinski definition) is 1. The molecule has 3 aromatic rings. The molecule has 6 heteroatoms. The average Bonchev–Trinajstić information content (AvgIpc) is 2.68. The van der Waals surface area contributed by atoms with Crippen LogP contribution in [-0.2, 0) is 19.7 Å². The highest BCUT2D eigenvalue weighted by molar-refractivity contribution is 9.10. The standard InChI is InChI=1S/C22H22BrClN2O2/c1-2-27-21-11-18(14-26-13-17-6-4-8-25-12-17)10-20(23)22(21)28-15-16-5-3-7-19(24)9-16/h3-12,26H,2,13-15H2,1H3. The first-order valence-corrected chi connectivity index (χ1v) is 10.2. The summed E-state index contributed by atoms with van der Waals surface area (Å²) in [5.41, 5.74) is 3.26. The zero-order valence-electron chi connectivity index (χ0n) is 15.6. The highest BCUT2D eigenvalue weighted by Gasteiger charge is 2.13. The van der Waals surface area contributed by atoms with Gasteiger partial charge in [-0.1, -0.05) is 29.8 Å². The van der Waals surface area contributed by atoms with E-state index in [0.717, 1.165) is 33.5 Å². The highest BCUT2D eigenvalue weighted by atomic mass is 79.9. The zero-order valence-corrected chi connectivity index (χ0v) is 18.0. The van der Waals surface area contributed by atoms with Gasteiger partial charge in [0.2, 0.25) is 0 Å². The molecule has 0 saturated heterocycles. The van der Waals surface area contributed by atoms with E-state index in [0.29, 0.717) is 30.5 Å². The molecule has 0 atom stereocenters. The number of hydrogen-bond acceptors (Lipinski definition) is 4. The largest absolute Gasteiger partial charge is 0.490 e. The maximum atomic E-state index is 6.05. The summed E-state index contributed by atoms with van der Waals surface area (Å²) in [5, 5.41) is 4.12. The first-order valence-electron chi connectivity index (χ1n) is 9.07. The van der Waals surface area contributed by atoms with Gasteiger partial charge in [0.25, 0.3) is 0 Å². The van der Waals surface area contributed by atoms with Gasteiger partial charge in [-0.15, -0.1) is 0 Å². The molecule has 2 aromatic carbocycles. The first kappa shape index (κ1) is 20.6. The summed E-state index contributed by atoms with van der Waals surface area (Å²) < 4.78 is 12.7. The van der Waals surface area contributed by atoms with E-state index in [1.165, 1.54) is 0 Å². The van der Waals surface area contributed by atoms with Crippen LogP contribution in [0.15, 0.2) is 65.4 Å². The number of pyridine rings is 1. The number of nitrogens with one attached hydrogen (secondary N) is 1. The Morgan fingerprint density at radius 2 is 1.82 bits per heavy atom. The third-order valence-corrected chi connectivity index (χ3v) is 4.85. The molecule has 0 aliphatic rings. The Bertz CT molecular complexity index is 906. The van der Waals surface area contributed by atoms with E-state index < -0.39 is 0 Å². The molecule has 0 spiro atoms. The lowest BCUT2D eigenvalue weighted by atomic mass is 10.2. The quantitative estimate of drug-likeness (QED) is 0.440. The predicted octanol–water partition coefficient (Wildman–Crippen LogP) is 5.77. The second-order valence-electron chi connectivity index (χ2n) is 6.22. The molecule has 0 aliphatic heterocycles. The normalized spacial score (nSPS) is 10.7. The zero-order chi connectivity index (χ0) is 19.8. The Morgan fingerprint density at radius 3 is 2.57 bits per heavy atom. The summed E-state index contributed by atoms with van der Waals surface area (Å²) in [6.07, 6.45) is 3.64. The van der Waals surface area contributed by atoms with E-state index in [2.05, 4.69) is 26.2 Å². The molecule has 28 heavy (non-hydrogen) atoms. The second-order valence-corrected chi connectivity index (χ2v) is 7.51. The van der Waals surface area contributed by atoms with E-state index in [9.17, 15) is 0 Å².